The van der Waals surface area contributed by atoms with Gasteiger partial charge in [0.05, 0.1) is 11.3 Å². The number of amides is 1. The molecule has 6 heteroatoms. The largest absolute Gasteiger partial charge is 0.416 e. The van der Waals surface area contributed by atoms with Crippen molar-refractivity contribution in [1.29, 1.82) is 0 Å². The van der Waals surface area contributed by atoms with Gasteiger partial charge in [-0.2, -0.15) is 13.2 Å². The molecule has 0 aromatic heterocycles. The monoisotopic (exact) mass is 283 g/mol. The van der Waals surface area contributed by atoms with Gasteiger partial charge in [0.1, 0.15) is 5.82 Å². The summed E-state index contributed by atoms with van der Waals surface area (Å²) in [5, 5.41) is 2.29. The van der Waals surface area contributed by atoms with Crippen LogP contribution in [0.4, 0.5) is 23.2 Å². The lowest BCUT2D eigenvalue weighted by molar-refractivity contribution is -0.137. The molecular weight excluding hydrogens is 274 g/mol. The van der Waals surface area contributed by atoms with Gasteiger partial charge in [-0.05, 0) is 36.4 Å². The first-order chi connectivity index (χ1) is 9.38. The Bertz CT molecular complexity index is 620. The lowest BCUT2D eigenvalue weighted by Gasteiger charge is -2.08. The van der Waals surface area contributed by atoms with Crippen LogP contribution in [0.15, 0.2) is 48.5 Å². The third-order valence-electron chi connectivity index (χ3n) is 2.60. The van der Waals surface area contributed by atoms with Crippen LogP contribution < -0.4 is 5.32 Å². The Morgan fingerprint density at radius 3 is 2.10 bits per heavy atom. The molecule has 0 saturated heterocycles. The zero-order valence-electron chi connectivity index (χ0n) is 10.0. The molecule has 2 aromatic rings. The molecule has 0 aliphatic carbocycles. The van der Waals surface area contributed by atoms with Crippen molar-refractivity contribution in [3.8, 4) is 0 Å². The molecule has 0 unspecified atom stereocenters. The Hall–Kier alpha value is -2.37. The maximum atomic E-state index is 13.3. The molecule has 2 rings (SSSR count). The molecule has 104 valence electrons. The standard InChI is InChI=1S/C14H9F4NO/c15-11-3-1-2-4-12(11)19-13(20)9-5-7-10(8-6-9)14(16,17)18/h1-8H,(H,19,20). The molecule has 0 aliphatic rings. The van der Waals surface area contributed by atoms with Gasteiger partial charge < -0.3 is 5.32 Å². The smallest absolute Gasteiger partial charge is 0.319 e. The highest BCUT2D eigenvalue weighted by atomic mass is 19.4. The molecule has 0 heterocycles. The molecule has 2 nitrogen and oxygen atoms in total. The van der Waals surface area contributed by atoms with E-state index in [0.717, 1.165) is 24.3 Å². The number of carbonyl (C=O) groups is 1. The fourth-order valence-electron chi connectivity index (χ4n) is 1.57. The van der Waals surface area contributed by atoms with E-state index in [9.17, 15) is 22.4 Å². The molecule has 0 atom stereocenters. The Balaban J connectivity index is 2.16. The summed E-state index contributed by atoms with van der Waals surface area (Å²) < 4.78 is 50.4. The van der Waals surface area contributed by atoms with E-state index in [-0.39, 0.29) is 11.3 Å². The maximum Gasteiger partial charge on any atom is 0.416 e. The van der Waals surface area contributed by atoms with Crippen LogP contribution in [-0.2, 0) is 6.18 Å². The third-order valence-corrected chi connectivity index (χ3v) is 2.60. The van der Waals surface area contributed by atoms with Crippen LogP contribution in [0.3, 0.4) is 0 Å². The number of hydrogen-bond donors (Lipinski definition) is 1. The van der Waals surface area contributed by atoms with Crippen molar-refractivity contribution in [3.05, 3.63) is 65.5 Å². The number of benzene rings is 2. The van der Waals surface area contributed by atoms with Gasteiger partial charge >= 0.3 is 6.18 Å². The number of hydrogen-bond acceptors (Lipinski definition) is 1. The van der Waals surface area contributed by atoms with Gasteiger partial charge in [-0.15, -0.1) is 0 Å². The maximum absolute atomic E-state index is 13.3. The summed E-state index contributed by atoms with van der Waals surface area (Å²) >= 11 is 0. The molecule has 0 saturated carbocycles. The van der Waals surface area contributed by atoms with Gasteiger partial charge in [0.25, 0.3) is 5.91 Å². The van der Waals surface area contributed by atoms with Crippen LogP contribution in [0.2, 0.25) is 0 Å². The van der Waals surface area contributed by atoms with Crippen LogP contribution in [0.1, 0.15) is 15.9 Å². The Labute approximate surface area is 112 Å². The molecule has 1 amide bonds. The molecule has 1 N–H and O–H groups in total. The number of nitrogens with one attached hydrogen (secondary N) is 1. The number of rotatable bonds is 2. The molecule has 0 spiro atoms. The predicted octanol–water partition coefficient (Wildman–Crippen LogP) is 4.10. The average Bonchev–Trinajstić information content (AvgIpc) is 2.40. The van der Waals surface area contributed by atoms with Gasteiger partial charge in [0.15, 0.2) is 0 Å². The lowest BCUT2D eigenvalue weighted by atomic mass is 10.1. The summed E-state index contributed by atoms with van der Waals surface area (Å²) in [5.74, 6) is -1.29. The van der Waals surface area contributed by atoms with Gasteiger partial charge in [-0.25, -0.2) is 4.39 Å². The Morgan fingerprint density at radius 2 is 1.55 bits per heavy atom. The predicted molar refractivity (Wildman–Crippen MR) is 65.8 cm³/mol. The summed E-state index contributed by atoms with van der Waals surface area (Å²) in [6.45, 7) is 0. The van der Waals surface area contributed by atoms with E-state index in [1.807, 2.05) is 0 Å². The summed E-state index contributed by atoms with van der Waals surface area (Å²) in [7, 11) is 0. The van der Waals surface area contributed by atoms with Crippen molar-refractivity contribution < 1.29 is 22.4 Å². The third kappa shape index (κ3) is 3.14. The van der Waals surface area contributed by atoms with E-state index in [0.29, 0.717) is 0 Å². The highest BCUT2D eigenvalue weighted by Crippen LogP contribution is 2.29. The zero-order chi connectivity index (χ0) is 14.8. The Kier molecular flexibility index (Phi) is 3.74. The topological polar surface area (TPSA) is 29.1 Å². The van der Waals surface area contributed by atoms with Crippen LogP contribution in [0.5, 0.6) is 0 Å². The van der Waals surface area contributed by atoms with Gasteiger partial charge in [0, 0.05) is 5.56 Å². The number of carbonyl (C=O) groups excluding carboxylic acids is 1. The second-order valence-electron chi connectivity index (χ2n) is 4.01. The minimum atomic E-state index is -4.46. The van der Waals surface area contributed by atoms with Crippen LogP contribution in [0, 0.1) is 5.82 Å². The van der Waals surface area contributed by atoms with E-state index >= 15 is 0 Å². The summed E-state index contributed by atoms with van der Waals surface area (Å²) in [5.41, 5.74) is -0.862. The van der Waals surface area contributed by atoms with Crippen LogP contribution in [-0.4, -0.2) is 5.91 Å². The second kappa shape index (κ2) is 5.32. The molecule has 0 radical (unpaired) electrons. The minimum Gasteiger partial charge on any atom is -0.319 e. The van der Waals surface area contributed by atoms with E-state index in [1.54, 1.807) is 0 Å². The first-order valence-corrected chi connectivity index (χ1v) is 5.61. The van der Waals surface area contributed by atoms with Crippen LogP contribution >= 0.6 is 0 Å². The van der Waals surface area contributed by atoms with Crippen molar-refractivity contribution in [3.63, 3.8) is 0 Å². The van der Waals surface area contributed by atoms with E-state index in [4.69, 9.17) is 0 Å². The number of alkyl halides is 3. The van der Waals surface area contributed by atoms with E-state index < -0.39 is 23.5 Å². The number of anilines is 1. The van der Waals surface area contributed by atoms with Gasteiger partial charge in [-0.3, -0.25) is 4.79 Å². The number of halogens is 4. The summed E-state index contributed by atoms with van der Waals surface area (Å²) in [6.07, 6.45) is -4.46. The molecule has 0 aliphatic heterocycles. The molecule has 0 fully saturated rings. The molecular formula is C14H9F4NO. The molecule has 0 bridgehead atoms. The highest BCUT2D eigenvalue weighted by molar-refractivity contribution is 6.04. The first-order valence-electron chi connectivity index (χ1n) is 5.61. The minimum absolute atomic E-state index is 0.0150. The van der Waals surface area contributed by atoms with Crippen molar-refractivity contribution >= 4 is 11.6 Å². The SMILES string of the molecule is O=C(Nc1ccccc1F)c1ccc(C(F)(F)F)cc1. The molecule has 20 heavy (non-hydrogen) atoms. The number of para-hydroxylation sites is 1. The Morgan fingerprint density at radius 1 is 0.950 bits per heavy atom. The van der Waals surface area contributed by atoms with Gasteiger partial charge in [0.2, 0.25) is 0 Å². The van der Waals surface area contributed by atoms with Crippen molar-refractivity contribution in [2.75, 3.05) is 5.32 Å². The second-order valence-corrected chi connectivity index (χ2v) is 4.01. The molecule has 2 aromatic carbocycles. The summed E-state index contributed by atoms with van der Waals surface area (Å²) in [4.78, 5) is 11.8. The average molecular weight is 283 g/mol. The van der Waals surface area contributed by atoms with Gasteiger partial charge in [-0.1, -0.05) is 12.1 Å². The zero-order valence-corrected chi connectivity index (χ0v) is 10.0. The van der Waals surface area contributed by atoms with Crippen LogP contribution in [0.25, 0.3) is 0 Å². The quantitative estimate of drug-likeness (QED) is 0.826. The highest BCUT2D eigenvalue weighted by Gasteiger charge is 2.30. The van der Waals surface area contributed by atoms with Crippen molar-refractivity contribution in [2.45, 2.75) is 6.18 Å². The summed E-state index contributed by atoms with van der Waals surface area (Å²) in [6, 6.07) is 9.21. The normalized spacial score (nSPS) is 11.2. The fraction of sp³-hybridized carbons (Fsp3) is 0.0714. The lowest BCUT2D eigenvalue weighted by Crippen LogP contribution is -2.13. The van der Waals surface area contributed by atoms with Crippen molar-refractivity contribution in [2.24, 2.45) is 0 Å². The van der Waals surface area contributed by atoms with E-state index in [1.165, 1.54) is 24.3 Å². The first kappa shape index (κ1) is 14.0. The fourth-order valence-corrected chi connectivity index (χ4v) is 1.57. The van der Waals surface area contributed by atoms with E-state index in [2.05, 4.69) is 5.32 Å². The van der Waals surface area contributed by atoms with Crippen molar-refractivity contribution in [1.82, 2.24) is 0 Å².